The van der Waals surface area contributed by atoms with Gasteiger partial charge in [-0.05, 0) is 39.2 Å². The van der Waals surface area contributed by atoms with Gasteiger partial charge >= 0.3 is 0 Å². The molecule has 0 spiro atoms. The van der Waals surface area contributed by atoms with Crippen molar-refractivity contribution in [2.75, 3.05) is 6.61 Å². The Balaban J connectivity index is 1.84. The van der Waals surface area contributed by atoms with Crippen LogP contribution in [-0.2, 0) is 4.74 Å². The lowest BCUT2D eigenvalue weighted by molar-refractivity contribution is 0.0173. The first kappa shape index (κ1) is 16.5. The molecule has 3 aromatic rings. The average Bonchev–Trinajstić information content (AvgIpc) is 2.92. The molecule has 1 aromatic carbocycles. The van der Waals surface area contributed by atoms with E-state index in [1.165, 1.54) is 5.56 Å². The van der Waals surface area contributed by atoms with Gasteiger partial charge in [-0.2, -0.15) is 0 Å². The summed E-state index contributed by atoms with van der Waals surface area (Å²) >= 11 is 1.61. The Morgan fingerprint density at radius 1 is 1.24 bits per heavy atom. The molecular weight excluding hydrogens is 332 g/mol. The lowest BCUT2D eigenvalue weighted by Gasteiger charge is -2.26. The number of thiophene rings is 1. The Hall–Kier alpha value is -1.98. The quantitative estimate of drug-likeness (QED) is 0.734. The molecule has 0 saturated carbocycles. The summed E-state index contributed by atoms with van der Waals surface area (Å²) in [6.07, 6.45) is 2.03. The number of aromatic nitrogens is 2. The maximum Gasteiger partial charge on any atom is 0.260 e. The monoisotopic (exact) mass is 354 g/mol. The summed E-state index contributed by atoms with van der Waals surface area (Å²) < 4.78 is 5.62. The molecule has 1 aliphatic rings. The van der Waals surface area contributed by atoms with Gasteiger partial charge in [0, 0.05) is 23.0 Å². The van der Waals surface area contributed by atoms with Gasteiger partial charge in [-0.15, -0.1) is 11.3 Å². The van der Waals surface area contributed by atoms with E-state index < -0.39 is 0 Å². The van der Waals surface area contributed by atoms with Crippen molar-refractivity contribution < 1.29 is 4.74 Å². The number of aryl methyl sites for hydroxylation is 2. The molecule has 0 aliphatic carbocycles. The molecule has 25 heavy (non-hydrogen) atoms. The van der Waals surface area contributed by atoms with Crippen molar-refractivity contribution in [3.05, 3.63) is 50.9 Å². The van der Waals surface area contributed by atoms with Gasteiger partial charge in [0.15, 0.2) is 0 Å². The minimum absolute atomic E-state index is 0.0286. The highest BCUT2D eigenvalue weighted by Crippen LogP contribution is 2.36. The van der Waals surface area contributed by atoms with E-state index in [9.17, 15) is 4.79 Å². The SMILES string of the molecule is Cc1ccc(-c2c(C)sc3nc(C4CCOC(C)C4)[nH]c(=O)c23)cc1. The zero-order chi connectivity index (χ0) is 17.6. The van der Waals surface area contributed by atoms with Crippen LogP contribution in [-0.4, -0.2) is 22.7 Å². The molecule has 2 aromatic heterocycles. The molecule has 2 atom stereocenters. The molecule has 1 fully saturated rings. The van der Waals surface area contributed by atoms with Crippen molar-refractivity contribution in [1.29, 1.82) is 0 Å². The predicted octanol–water partition coefficient (Wildman–Crippen LogP) is 4.55. The second-order valence-electron chi connectivity index (χ2n) is 6.93. The third kappa shape index (κ3) is 3.02. The van der Waals surface area contributed by atoms with Gasteiger partial charge in [0.25, 0.3) is 5.56 Å². The highest BCUT2D eigenvalue weighted by molar-refractivity contribution is 7.19. The number of aromatic amines is 1. The van der Waals surface area contributed by atoms with Gasteiger partial charge in [-0.25, -0.2) is 4.98 Å². The number of rotatable bonds is 2. The lowest BCUT2D eigenvalue weighted by atomic mass is 9.95. The third-order valence-electron chi connectivity index (χ3n) is 4.97. The number of hydrogen-bond donors (Lipinski definition) is 1. The highest BCUT2D eigenvalue weighted by atomic mass is 32.1. The van der Waals surface area contributed by atoms with Gasteiger partial charge < -0.3 is 9.72 Å². The number of H-pyrrole nitrogens is 1. The van der Waals surface area contributed by atoms with Crippen LogP contribution in [0.1, 0.15) is 41.9 Å². The van der Waals surface area contributed by atoms with Crippen LogP contribution in [0.15, 0.2) is 29.1 Å². The molecule has 2 unspecified atom stereocenters. The van der Waals surface area contributed by atoms with Crippen LogP contribution in [0.4, 0.5) is 0 Å². The number of nitrogens with one attached hydrogen (secondary N) is 1. The molecule has 1 aliphatic heterocycles. The van der Waals surface area contributed by atoms with Gasteiger partial charge in [0.1, 0.15) is 10.7 Å². The van der Waals surface area contributed by atoms with Crippen molar-refractivity contribution in [2.24, 2.45) is 0 Å². The van der Waals surface area contributed by atoms with Crippen LogP contribution in [0.2, 0.25) is 0 Å². The van der Waals surface area contributed by atoms with E-state index in [-0.39, 0.29) is 17.6 Å². The molecule has 3 heterocycles. The summed E-state index contributed by atoms with van der Waals surface area (Å²) in [7, 11) is 0. The summed E-state index contributed by atoms with van der Waals surface area (Å²) in [6.45, 7) is 6.94. The summed E-state index contributed by atoms with van der Waals surface area (Å²) in [5.41, 5.74) is 3.28. The fourth-order valence-electron chi connectivity index (χ4n) is 3.64. The topological polar surface area (TPSA) is 55.0 Å². The van der Waals surface area contributed by atoms with Gasteiger partial charge in [0.2, 0.25) is 0 Å². The van der Waals surface area contributed by atoms with Crippen LogP contribution in [0, 0.1) is 13.8 Å². The van der Waals surface area contributed by atoms with Gasteiger partial charge in [0.05, 0.1) is 11.5 Å². The van der Waals surface area contributed by atoms with Crippen molar-refractivity contribution >= 4 is 21.6 Å². The summed E-state index contributed by atoms with van der Waals surface area (Å²) in [5, 5.41) is 0.718. The number of ether oxygens (including phenoxy) is 1. The van der Waals surface area contributed by atoms with Crippen molar-refractivity contribution in [3.8, 4) is 11.1 Å². The lowest BCUT2D eigenvalue weighted by Crippen LogP contribution is -2.24. The van der Waals surface area contributed by atoms with Gasteiger partial charge in [-0.1, -0.05) is 29.8 Å². The maximum absolute atomic E-state index is 12.9. The van der Waals surface area contributed by atoms with Crippen LogP contribution < -0.4 is 5.56 Å². The molecule has 0 radical (unpaired) electrons. The molecule has 5 heteroatoms. The van der Waals surface area contributed by atoms with Crippen LogP contribution in [0.5, 0.6) is 0 Å². The standard InChI is InChI=1S/C20H22N2O2S/c1-11-4-6-14(7-5-11)16-13(3)25-20-17(16)19(23)21-18(22-20)15-8-9-24-12(2)10-15/h4-7,12,15H,8-10H2,1-3H3,(H,21,22,23). The van der Waals surface area contributed by atoms with E-state index in [4.69, 9.17) is 9.72 Å². The maximum atomic E-state index is 12.9. The van der Waals surface area contributed by atoms with E-state index in [2.05, 4.69) is 50.0 Å². The first-order chi connectivity index (χ1) is 12.0. The van der Waals surface area contributed by atoms with E-state index >= 15 is 0 Å². The van der Waals surface area contributed by atoms with Crippen molar-refractivity contribution in [3.63, 3.8) is 0 Å². The number of fused-ring (bicyclic) bond motifs is 1. The minimum Gasteiger partial charge on any atom is -0.378 e. The zero-order valence-corrected chi connectivity index (χ0v) is 15.6. The van der Waals surface area contributed by atoms with Crippen LogP contribution >= 0.6 is 11.3 Å². The summed E-state index contributed by atoms with van der Waals surface area (Å²) in [5.74, 6) is 1.08. The molecule has 1 saturated heterocycles. The van der Waals surface area contributed by atoms with E-state index in [1.54, 1.807) is 11.3 Å². The van der Waals surface area contributed by atoms with E-state index in [0.29, 0.717) is 0 Å². The number of hydrogen-bond acceptors (Lipinski definition) is 4. The molecule has 4 nitrogen and oxygen atoms in total. The molecule has 130 valence electrons. The predicted molar refractivity (Wildman–Crippen MR) is 103 cm³/mol. The number of benzene rings is 1. The fourth-order valence-corrected chi connectivity index (χ4v) is 4.70. The van der Waals surface area contributed by atoms with E-state index in [1.807, 2.05) is 0 Å². The first-order valence-electron chi connectivity index (χ1n) is 8.75. The highest BCUT2D eigenvalue weighted by Gasteiger charge is 2.25. The Labute approximate surface area is 150 Å². The molecule has 0 bridgehead atoms. The fraction of sp³-hybridized carbons (Fsp3) is 0.400. The zero-order valence-electron chi connectivity index (χ0n) is 14.8. The molecule has 1 N–H and O–H groups in total. The Kier molecular flexibility index (Phi) is 4.21. The Bertz CT molecular complexity index is 972. The van der Waals surface area contributed by atoms with Crippen LogP contribution in [0.3, 0.4) is 0 Å². The second-order valence-corrected chi connectivity index (χ2v) is 8.14. The Morgan fingerprint density at radius 3 is 2.72 bits per heavy atom. The Morgan fingerprint density at radius 2 is 2.00 bits per heavy atom. The second kappa shape index (κ2) is 6.39. The molecular formula is C20H22N2O2S. The first-order valence-corrected chi connectivity index (χ1v) is 9.56. The molecule has 0 amide bonds. The smallest absolute Gasteiger partial charge is 0.260 e. The molecule has 4 rings (SSSR count). The van der Waals surface area contributed by atoms with Crippen molar-refractivity contribution in [2.45, 2.75) is 45.6 Å². The minimum atomic E-state index is -0.0286. The third-order valence-corrected chi connectivity index (χ3v) is 5.97. The summed E-state index contributed by atoms with van der Waals surface area (Å²) in [4.78, 5) is 22.7. The van der Waals surface area contributed by atoms with Gasteiger partial charge in [-0.3, -0.25) is 4.79 Å². The normalized spacial score (nSPS) is 20.9. The largest absolute Gasteiger partial charge is 0.378 e. The van der Waals surface area contributed by atoms with Crippen LogP contribution in [0.25, 0.3) is 21.3 Å². The van der Waals surface area contributed by atoms with E-state index in [0.717, 1.165) is 51.5 Å². The number of nitrogens with zero attached hydrogens (tertiary/aromatic N) is 1. The van der Waals surface area contributed by atoms with Crippen molar-refractivity contribution in [1.82, 2.24) is 9.97 Å². The average molecular weight is 354 g/mol. The summed E-state index contributed by atoms with van der Waals surface area (Å²) in [6, 6.07) is 8.32.